The van der Waals surface area contributed by atoms with Crippen molar-refractivity contribution in [2.24, 2.45) is 0 Å². The van der Waals surface area contributed by atoms with Crippen molar-refractivity contribution in [1.29, 1.82) is 0 Å². The minimum absolute atomic E-state index is 0.0331. The summed E-state index contributed by atoms with van der Waals surface area (Å²) in [5, 5.41) is 1.13. The highest BCUT2D eigenvalue weighted by atomic mass is 16.2. The van der Waals surface area contributed by atoms with Crippen LogP contribution in [0.3, 0.4) is 0 Å². The Kier molecular flexibility index (Phi) is 5.73. The van der Waals surface area contributed by atoms with E-state index in [0.717, 1.165) is 12.8 Å². The summed E-state index contributed by atoms with van der Waals surface area (Å²) < 4.78 is 1.78. The third-order valence-electron chi connectivity index (χ3n) is 6.28. The molecule has 1 N–H and O–H groups in total. The number of amides is 1. The quantitative estimate of drug-likeness (QED) is 0.459. The van der Waals surface area contributed by atoms with Crippen LogP contribution in [-0.2, 0) is 17.8 Å². The standard InChI is InChI=1S/C26H27N5O3/c1-16(2)30(15-22-27-20-9-5-3-7-18(20)25(33)29-22)24(32)14-13-23-28-21-10-6-4-8-19(21)26(34)31(23)17-11-12-17/h3-10,16-17H,11-15H2,1-2H3,(H,27,29,33). The first-order valence-electron chi connectivity index (χ1n) is 11.7. The zero-order chi connectivity index (χ0) is 23.8. The number of para-hydroxylation sites is 2. The summed E-state index contributed by atoms with van der Waals surface area (Å²) in [4.78, 5) is 52.6. The van der Waals surface area contributed by atoms with Crippen molar-refractivity contribution in [3.8, 4) is 0 Å². The second-order valence-corrected chi connectivity index (χ2v) is 9.10. The minimum Gasteiger partial charge on any atom is -0.333 e. The molecule has 4 aromatic rings. The molecule has 1 amide bonds. The molecule has 0 radical (unpaired) electrons. The fourth-order valence-electron chi connectivity index (χ4n) is 4.37. The number of carbonyl (C=O) groups is 1. The van der Waals surface area contributed by atoms with Crippen molar-refractivity contribution in [3.05, 3.63) is 80.9 Å². The largest absolute Gasteiger partial charge is 0.333 e. The van der Waals surface area contributed by atoms with Crippen molar-refractivity contribution in [2.75, 3.05) is 0 Å². The predicted molar refractivity (Wildman–Crippen MR) is 131 cm³/mol. The van der Waals surface area contributed by atoms with Crippen molar-refractivity contribution in [2.45, 2.75) is 58.2 Å². The van der Waals surface area contributed by atoms with Crippen LogP contribution in [0.4, 0.5) is 0 Å². The summed E-state index contributed by atoms with van der Waals surface area (Å²) in [7, 11) is 0. The van der Waals surface area contributed by atoms with E-state index >= 15 is 0 Å². The van der Waals surface area contributed by atoms with E-state index in [1.165, 1.54) is 0 Å². The van der Waals surface area contributed by atoms with Gasteiger partial charge in [0.25, 0.3) is 11.1 Å². The van der Waals surface area contributed by atoms with E-state index in [9.17, 15) is 14.4 Å². The first-order valence-corrected chi connectivity index (χ1v) is 11.7. The molecule has 2 heterocycles. The lowest BCUT2D eigenvalue weighted by Crippen LogP contribution is -2.38. The topological polar surface area (TPSA) is 101 Å². The van der Waals surface area contributed by atoms with Gasteiger partial charge >= 0.3 is 0 Å². The molecule has 0 aliphatic heterocycles. The van der Waals surface area contributed by atoms with E-state index in [1.807, 2.05) is 38.1 Å². The van der Waals surface area contributed by atoms with Gasteiger partial charge in [-0.25, -0.2) is 9.97 Å². The third kappa shape index (κ3) is 4.23. The molecule has 5 rings (SSSR count). The van der Waals surface area contributed by atoms with E-state index < -0.39 is 0 Å². The number of benzene rings is 2. The average Bonchev–Trinajstić information content (AvgIpc) is 3.66. The second kappa shape index (κ2) is 8.85. The summed E-state index contributed by atoms with van der Waals surface area (Å²) >= 11 is 0. The van der Waals surface area contributed by atoms with Crippen LogP contribution < -0.4 is 11.1 Å². The van der Waals surface area contributed by atoms with Crippen molar-refractivity contribution in [3.63, 3.8) is 0 Å². The van der Waals surface area contributed by atoms with E-state index in [-0.39, 0.29) is 42.1 Å². The summed E-state index contributed by atoms with van der Waals surface area (Å²) in [6.45, 7) is 4.08. The Morgan fingerprint density at radius 1 is 1.03 bits per heavy atom. The van der Waals surface area contributed by atoms with Gasteiger partial charge in [0.15, 0.2) is 0 Å². The number of rotatable bonds is 7. The van der Waals surface area contributed by atoms with Gasteiger partial charge in [0.05, 0.1) is 28.4 Å². The summed E-state index contributed by atoms with van der Waals surface area (Å²) in [6.07, 6.45) is 2.51. The Bertz CT molecular complexity index is 1500. The highest BCUT2D eigenvalue weighted by Crippen LogP contribution is 2.35. The van der Waals surface area contributed by atoms with Crippen LogP contribution in [-0.4, -0.2) is 36.4 Å². The van der Waals surface area contributed by atoms with Gasteiger partial charge in [-0.05, 0) is 51.0 Å². The molecule has 1 saturated carbocycles. The smallest absolute Gasteiger partial charge is 0.261 e. The van der Waals surface area contributed by atoms with Crippen LogP contribution in [0.2, 0.25) is 0 Å². The Morgan fingerprint density at radius 3 is 2.35 bits per heavy atom. The molecule has 8 nitrogen and oxygen atoms in total. The highest BCUT2D eigenvalue weighted by Gasteiger charge is 2.29. The Morgan fingerprint density at radius 2 is 1.68 bits per heavy atom. The monoisotopic (exact) mass is 457 g/mol. The molecular weight excluding hydrogens is 430 g/mol. The molecular formula is C26H27N5O3. The molecule has 0 bridgehead atoms. The number of carbonyl (C=O) groups excluding carboxylic acids is 1. The maximum absolute atomic E-state index is 13.2. The van der Waals surface area contributed by atoms with Crippen LogP contribution in [0.5, 0.6) is 0 Å². The SMILES string of the molecule is CC(C)N(Cc1nc2ccccc2c(=O)[nH]1)C(=O)CCc1nc2ccccc2c(=O)n1C1CC1. The molecule has 174 valence electrons. The lowest BCUT2D eigenvalue weighted by atomic mass is 10.2. The van der Waals surface area contributed by atoms with Crippen molar-refractivity contribution < 1.29 is 4.79 Å². The number of nitrogens with one attached hydrogen (secondary N) is 1. The second-order valence-electron chi connectivity index (χ2n) is 9.10. The molecule has 0 atom stereocenters. The summed E-state index contributed by atoms with van der Waals surface area (Å²) in [5.74, 6) is 1.03. The van der Waals surface area contributed by atoms with Gasteiger partial charge in [0.2, 0.25) is 5.91 Å². The fraction of sp³-hybridized carbons (Fsp3) is 0.346. The van der Waals surface area contributed by atoms with E-state index in [4.69, 9.17) is 4.98 Å². The molecule has 0 spiro atoms. The fourth-order valence-corrected chi connectivity index (χ4v) is 4.37. The molecule has 0 unspecified atom stereocenters. The van der Waals surface area contributed by atoms with Crippen LogP contribution in [0.15, 0.2) is 58.1 Å². The molecule has 2 aromatic carbocycles. The highest BCUT2D eigenvalue weighted by molar-refractivity contribution is 5.79. The third-order valence-corrected chi connectivity index (χ3v) is 6.28. The van der Waals surface area contributed by atoms with Crippen LogP contribution in [0.25, 0.3) is 21.8 Å². The zero-order valence-corrected chi connectivity index (χ0v) is 19.3. The van der Waals surface area contributed by atoms with Crippen LogP contribution in [0, 0.1) is 0 Å². The van der Waals surface area contributed by atoms with Crippen molar-refractivity contribution in [1.82, 2.24) is 24.4 Å². The van der Waals surface area contributed by atoms with Gasteiger partial charge < -0.3 is 9.88 Å². The maximum atomic E-state index is 13.2. The average molecular weight is 458 g/mol. The molecule has 0 saturated heterocycles. The molecule has 34 heavy (non-hydrogen) atoms. The Balaban J connectivity index is 1.39. The van der Waals surface area contributed by atoms with Gasteiger partial charge in [-0.2, -0.15) is 0 Å². The summed E-state index contributed by atoms with van der Waals surface area (Å²) in [6, 6.07) is 14.6. The number of aromatic amines is 1. The summed E-state index contributed by atoms with van der Waals surface area (Å²) in [5.41, 5.74) is 1.01. The number of H-pyrrole nitrogens is 1. The number of fused-ring (bicyclic) bond motifs is 2. The molecule has 8 heteroatoms. The van der Waals surface area contributed by atoms with Gasteiger partial charge in [0.1, 0.15) is 11.6 Å². The van der Waals surface area contributed by atoms with E-state index in [0.29, 0.717) is 39.9 Å². The van der Waals surface area contributed by atoms with Gasteiger partial charge in [-0.1, -0.05) is 24.3 Å². The van der Waals surface area contributed by atoms with Crippen molar-refractivity contribution >= 4 is 27.7 Å². The number of hydrogen-bond acceptors (Lipinski definition) is 5. The number of aryl methyl sites for hydroxylation is 1. The zero-order valence-electron chi connectivity index (χ0n) is 19.3. The first-order chi connectivity index (χ1) is 16.4. The molecule has 1 aliphatic carbocycles. The molecule has 1 fully saturated rings. The van der Waals surface area contributed by atoms with Gasteiger partial charge in [-0.15, -0.1) is 0 Å². The number of aromatic nitrogens is 4. The van der Waals surface area contributed by atoms with Gasteiger partial charge in [-0.3, -0.25) is 19.0 Å². The van der Waals surface area contributed by atoms with E-state index in [1.54, 1.807) is 33.7 Å². The minimum atomic E-state index is -0.217. The lowest BCUT2D eigenvalue weighted by Gasteiger charge is -2.26. The van der Waals surface area contributed by atoms with E-state index in [2.05, 4.69) is 9.97 Å². The van der Waals surface area contributed by atoms with Crippen LogP contribution in [0.1, 0.15) is 50.8 Å². The molecule has 2 aromatic heterocycles. The first kappa shape index (κ1) is 22.0. The normalized spacial score (nSPS) is 13.6. The van der Waals surface area contributed by atoms with Crippen LogP contribution >= 0.6 is 0 Å². The predicted octanol–water partition coefficient (Wildman–Crippen LogP) is 3.34. The Hall–Kier alpha value is -3.81. The number of nitrogens with zero attached hydrogens (tertiary/aromatic N) is 4. The Labute approximate surface area is 196 Å². The van der Waals surface area contributed by atoms with Gasteiger partial charge in [0, 0.05) is 24.9 Å². The number of hydrogen-bond donors (Lipinski definition) is 1. The lowest BCUT2D eigenvalue weighted by molar-refractivity contribution is -0.133. The molecule has 1 aliphatic rings. The maximum Gasteiger partial charge on any atom is 0.261 e.